The average Bonchev–Trinajstić information content (AvgIpc) is 3.24. The number of rotatable bonds is 9. The second-order valence-electron chi connectivity index (χ2n) is 8.08. The third kappa shape index (κ3) is 5.25. The Morgan fingerprint density at radius 1 is 1.45 bits per heavy atom. The standard InChI is InChI=1S/C18H29FN7O6P/c1-8(2)31-15(28)9(3)25-33(29)30-6-10-12(27)18(4,19)16(32-10)26-7-22-11-13(21-5)23-17(20)24-14(11)26/h7-10,12,16,27,33H,6H2,1-5H3,(H,25,29)(H3,20,21,23,24)/t9-,10-,12-,16-,18-/m1/s1. The molecule has 0 spiro atoms. The number of imidazole rings is 1. The topological polar surface area (TPSA) is 176 Å². The van der Waals surface area contributed by atoms with Crippen molar-refractivity contribution in [3.8, 4) is 0 Å². The summed E-state index contributed by atoms with van der Waals surface area (Å²) in [6.45, 7) is 5.64. The molecule has 3 heterocycles. The van der Waals surface area contributed by atoms with Crippen LogP contribution < -0.4 is 16.1 Å². The van der Waals surface area contributed by atoms with Crippen molar-refractivity contribution in [2.75, 3.05) is 24.7 Å². The van der Waals surface area contributed by atoms with E-state index in [0.29, 0.717) is 11.3 Å². The summed E-state index contributed by atoms with van der Waals surface area (Å²) >= 11 is 0. The van der Waals surface area contributed by atoms with Crippen LogP contribution in [-0.2, 0) is 23.4 Å². The molecule has 0 aliphatic carbocycles. The van der Waals surface area contributed by atoms with E-state index < -0.39 is 44.3 Å². The molecule has 2 aromatic heterocycles. The number of carbonyl (C=O) groups excluding carboxylic acids is 1. The smallest absolute Gasteiger partial charge is 0.323 e. The number of nitrogens with one attached hydrogen (secondary N) is 2. The molecule has 33 heavy (non-hydrogen) atoms. The van der Waals surface area contributed by atoms with E-state index in [9.17, 15) is 14.5 Å². The van der Waals surface area contributed by atoms with Gasteiger partial charge in [-0.1, -0.05) is 0 Å². The Kier molecular flexibility index (Phi) is 7.54. The van der Waals surface area contributed by atoms with Crippen molar-refractivity contribution in [3.05, 3.63) is 6.33 Å². The molecule has 6 atom stereocenters. The van der Waals surface area contributed by atoms with Crippen LogP contribution in [0.4, 0.5) is 16.2 Å². The number of carbonyl (C=O) groups is 1. The first-order valence-corrected chi connectivity index (χ1v) is 11.6. The van der Waals surface area contributed by atoms with Gasteiger partial charge in [-0.3, -0.25) is 13.9 Å². The summed E-state index contributed by atoms with van der Waals surface area (Å²) in [4.78, 5) is 24.2. The monoisotopic (exact) mass is 489 g/mol. The predicted octanol–water partition coefficient (Wildman–Crippen LogP) is 0.773. The number of nitrogen functional groups attached to an aromatic ring is 1. The fourth-order valence-corrected chi connectivity index (χ4v) is 4.27. The van der Waals surface area contributed by atoms with Gasteiger partial charge in [0.05, 0.1) is 19.0 Å². The summed E-state index contributed by atoms with van der Waals surface area (Å²) in [5.41, 5.74) is 4.03. The molecule has 3 rings (SSSR count). The Bertz CT molecular complexity index is 1040. The Morgan fingerprint density at radius 3 is 2.79 bits per heavy atom. The number of alkyl halides is 1. The predicted molar refractivity (Wildman–Crippen MR) is 117 cm³/mol. The van der Waals surface area contributed by atoms with E-state index in [0.717, 1.165) is 0 Å². The van der Waals surface area contributed by atoms with Gasteiger partial charge in [0.2, 0.25) is 5.95 Å². The van der Waals surface area contributed by atoms with Gasteiger partial charge >= 0.3 is 5.97 Å². The van der Waals surface area contributed by atoms with E-state index in [4.69, 9.17) is 19.7 Å². The number of fused-ring (bicyclic) bond motifs is 1. The molecule has 0 radical (unpaired) electrons. The molecule has 0 amide bonds. The van der Waals surface area contributed by atoms with Crippen molar-refractivity contribution in [1.29, 1.82) is 0 Å². The SMILES string of the molecule is CNc1nc(N)nc2c1ncn2[C@@H]1O[C@H](CO[PH](=O)N[C@H](C)C(=O)OC(C)C)[C@@H](O)[C@@]1(C)F. The van der Waals surface area contributed by atoms with Crippen LogP contribution in [-0.4, -0.2) is 74.3 Å². The van der Waals surface area contributed by atoms with E-state index in [2.05, 4.69) is 25.4 Å². The van der Waals surface area contributed by atoms with Gasteiger partial charge in [-0.15, -0.1) is 0 Å². The van der Waals surface area contributed by atoms with Crippen LogP contribution in [0.3, 0.4) is 0 Å². The van der Waals surface area contributed by atoms with Crippen LogP contribution in [0.5, 0.6) is 0 Å². The molecule has 2 aromatic rings. The lowest BCUT2D eigenvalue weighted by Gasteiger charge is -2.24. The Balaban J connectivity index is 1.70. The molecular weight excluding hydrogens is 460 g/mol. The summed E-state index contributed by atoms with van der Waals surface area (Å²) in [6.07, 6.45) is -3.10. The van der Waals surface area contributed by atoms with E-state index in [1.54, 1.807) is 20.9 Å². The summed E-state index contributed by atoms with van der Waals surface area (Å²) in [7, 11) is -1.29. The van der Waals surface area contributed by atoms with Crippen LogP contribution in [0.25, 0.3) is 11.2 Å². The second-order valence-corrected chi connectivity index (χ2v) is 9.23. The summed E-state index contributed by atoms with van der Waals surface area (Å²) < 4.78 is 45.0. The number of hydrogen-bond acceptors (Lipinski definition) is 11. The van der Waals surface area contributed by atoms with Crippen molar-refractivity contribution in [3.63, 3.8) is 0 Å². The van der Waals surface area contributed by atoms with Crippen molar-refractivity contribution in [2.45, 2.75) is 63.9 Å². The number of esters is 1. The number of ether oxygens (including phenoxy) is 2. The first-order chi connectivity index (χ1) is 15.4. The van der Waals surface area contributed by atoms with Crippen molar-refractivity contribution in [1.82, 2.24) is 24.6 Å². The summed E-state index contributed by atoms with van der Waals surface area (Å²) in [6, 6.07) is -0.878. The normalized spacial score (nSPS) is 27.1. The molecule has 1 aliphatic rings. The van der Waals surface area contributed by atoms with Crippen molar-refractivity contribution < 1.29 is 32.9 Å². The quantitative estimate of drug-likeness (QED) is 0.288. The molecule has 1 unspecified atom stereocenters. The highest BCUT2D eigenvalue weighted by atomic mass is 31.1. The highest BCUT2D eigenvalue weighted by Gasteiger charge is 2.55. The van der Waals surface area contributed by atoms with Crippen LogP contribution in [0.2, 0.25) is 0 Å². The van der Waals surface area contributed by atoms with E-state index >= 15 is 4.39 Å². The maximum Gasteiger partial charge on any atom is 0.323 e. The van der Waals surface area contributed by atoms with E-state index in [1.165, 1.54) is 24.7 Å². The fourth-order valence-electron chi connectivity index (χ4n) is 3.40. The lowest BCUT2D eigenvalue weighted by Crippen LogP contribution is -2.40. The largest absolute Gasteiger partial charge is 0.462 e. The zero-order chi connectivity index (χ0) is 24.5. The molecule has 1 saturated heterocycles. The number of anilines is 2. The van der Waals surface area contributed by atoms with Gasteiger partial charge in [0.1, 0.15) is 18.2 Å². The molecule has 184 valence electrons. The number of halogens is 1. The first kappa shape index (κ1) is 25.2. The molecule has 0 saturated carbocycles. The van der Waals surface area contributed by atoms with Crippen LogP contribution in [0, 0.1) is 0 Å². The summed E-state index contributed by atoms with van der Waals surface area (Å²) in [5.74, 6) is -0.290. The van der Waals surface area contributed by atoms with E-state index in [-0.39, 0.29) is 24.3 Å². The first-order valence-electron chi connectivity index (χ1n) is 10.3. The average molecular weight is 489 g/mol. The lowest BCUT2D eigenvalue weighted by atomic mass is 9.98. The molecular formula is C18H29FN7O6P. The molecule has 13 nitrogen and oxygen atoms in total. The minimum absolute atomic E-state index is 0.0534. The number of nitrogens with two attached hydrogens (primary N) is 1. The minimum atomic E-state index is -2.91. The zero-order valence-electron chi connectivity index (χ0n) is 18.9. The van der Waals surface area contributed by atoms with E-state index in [1.807, 2.05) is 0 Å². The molecule has 0 aromatic carbocycles. The molecule has 5 N–H and O–H groups in total. The van der Waals surface area contributed by atoms with Crippen LogP contribution in [0.15, 0.2) is 6.33 Å². The van der Waals surface area contributed by atoms with Gasteiger partial charge in [0, 0.05) is 7.05 Å². The van der Waals surface area contributed by atoms with Gasteiger partial charge in [-0.25, -0.2) is 14.5 Å². The van der Waals surface area contributed by atoms with Gasteiger partial charge < -0.3 is 30.2 Å². The number of aromatic nitrogens is 4. The van der Waals surface area contributed by atoms with Crippen LogP contribution >= 0.6 is 8.18 Å². The molecule has 1 aliphatic heterocycles. The van der Waals surface area contributed by atoms with Crippen molar-refractivity contribution in [2.24, 2.45) is 0 Å². The number of nitrogens with zero attached hydrogens (tertiary/aromatic N) is 4. The van der Waals surface area contributed by atoms with Gasteiger partial charge in [-0.2, -0.15) is 9.97 Å². The fraction of sp³-hybridized carbons (Fsp3) is 0.667. The number of aliphatic hydroxyl groups is 1. The number of hydrogen-bond donors (Lipinski definition) is 4. The molecule has 15 heteroatoms. The van der Waals surface area contributed by atoms with Crippen LogP contribution in [0.1, 0.15) is 33.9 Å². The summed E-state index contributed by atoms with van der Waals surface area (Å²) in [5, 5.41) is 15.9. The highest BCUT2D eigenvalue weighted by molar-refractivity contribution is 7.36. The number of aliphatic hydroxyl groups excluding tert-OH is 1. The Labute approximate surface area is 190 Å². The van der Waals surface area contributed by atoms with Gasteiger partial charge in [-0.05, 0) is 27.7 Å². The van der Waals surface area contributed by atoms with Gasteiger partial charge in [0.15, 0.2) is 28.9 Å². The third-order valence-electron chi connectivity index (χ3n) is 5.06. The third-order valence-corrected chi connectivity index (χ3v) is 6.16. The zero-order valence-corrected chi connectivity index (χ0v) is 19.9. The maximum atomic E-state index is 15.5. The Morgan fingerprint density at radius 2 is 2.15 bits per heavy atom. The second kappa shape index (κ2) is 9.85. The molecule has 0 bridgehead atoms. The molecule has 1 fully saturated rings. The highest BCUT2D eigenvalue weighted by Crippen LogP contribution is 2.43. The van der Waals surface area contributed by atoms with Gasteiger partial charge in [0.25, 0.3) is 8.18 Å². The minimum Gasteiger partial charge on any atom is -0.462 e. The maximum absolute atomic E-state index is 15.5. The lowest BCUT2D eigenvalue weighted by molar-refractivity contribution is -0.149. The Hall–Kier alpha value is -2.38. The van der Waals surface area contributed by atoms with Crippen molar-refractivity contribution >= 4 is 37.1 Å².